The van der Waals surface area contributed by atoms with Gasteiger partial charge in [-0.1, -0.05) is 23.7 Å². The van der Waals surface area contributed by atoms with E-state index in [1.807, 2.05) is 31.2 Å². The summed E-state index contributed by atoms with van der Waals surface area (Å²) in [5.74, 6) is -0.0926. The van der Waals surface area contributed by atoms with Crippen molar-refractivity contribution in [3.8, 4) is 0 Å². The molecule has 1 rings (SSSR count). The second-order valence-electron chi connectivity index (χ2n) is 4.87. The minimum Gasteiger partial charge on any atom is -0.337 e. The fraction of sp³-hybridized carbons (Fsp3) is 0.462. The van der Waals surface area contributed by atoms with Crippen LogP contribution in [0.3, 0.4) is 0 Å². The van der Waals surface area contributed by atoms with Gasteiger partial charge < -0.3 is 10.6 Å². The Bertz CT molecular complexity index is 412. The van der Waals surface area contributed by atoms with Crippen molar-refractivity contribution >= 4 is 17.5 Å². The zero-order valence-electron chi connectivity index (χ0n) is 10.7. The highest BCUT2D eigenvalue weighted by Gasteiger charge is 2.28. The molecule has 0 radical (unpaired) electrons. The van der Waals surface area contributed by atoms with E-state index in [1.54, 1.807) is 25.8 Å². The number of nitrogens with zero attached hydrogens (tertiary/aromatic N) is 1. The van der Waals surface area contributed by atoms with E-state index in [0.29, 0.717) is 5.02 Å². The van der Waals surface area contributed by atoms with E-state index in [2.05, 4.69) is 0 Å². The van der Waals surface area contributed by atoms with E-state index >= 15 is 0 Å². The number of amides is 1. The molecule has 1 unspecified atom stereocenters. The summed E-state index contributed by atoms with van der Waals surface area (Å²) in [6.45, 7) is 5.36. The first-order valence-corrected chi connectivity index (χ1v) is 5.93. The van der Waals surface area contributed by atoms with Gasteiger partial charge in [-0.2, -0.15) is 0 Å². The zero-order chi connectivity index (χ0) is 13.2. The maximum Gasteiger partial charge on any atom is 0.242 e. The normalized spacial score (nSPS) is 13.3. The minimum atomic E-state index is -0.860. The van der Waals surface area contributed by atoms with Crippen LogP contribution in [-0.4, -0.2) is 23.4 Å². The first kappa shape index (κ1) is 14.0. The first-order chi connectivity index (χ1) is 7.73. The molecule has 0 saturated heterocycles. The van der Waals surface area contributed by atoms with Gasteiger partial charge in [0.15, 0.2) is 0 Å². The molecular formula is C13H19ClN2O. The molecule has 1 amide bonds. The van der Waals surface area contributed by atoms with Gasteiger partial charge in [-0.05, 0) is 38.5 Å². The molecule has 94 valence electrons. The molecule has 0 fully saturated rings. The van der Waals surface area contributed by atoms with Crippen molar-refractivity contribution in [3.63, 3.8) is 0 Å². The average Bonchev–Trinajstić information content (AvgIpc) is 2.25. The Hall–Kier alpha value is -1.06. The quantitative estimate of drug-likeness (QED) is 0.901. The van der Waals surface area contributed by atoms with E-state index < -0.39 is 5.54 Å². The van der Waals surface area contributed by atoms with Crippen LogP contribution in [0.4, 0.5) is 0 Å². The predicted molar refractivity (Wildman–Crippen MR) is 70.9 cm³/mol. The summed E-state index contributed by atoms with van der Waals surface area (Å²) in [5, 5.41) is 0.669. The minimum absolute atomic E-state index is 0.0518. The van der Waals surface area contributed by atoms with Gasteiger partial charge in [-0.15, -0.1) is 0 Å². The van der Waals surface area contributed by atoms with Crippen LogP contribution in [0.15, 0.2) is 24.3 Å². The van der Waals surface area contributed by atoms with E-state index in [1.165, 1.54) is 0 Å². The van der Waals surface area contributed by atoms with Crippen molar-refractivity contribution in [1.29, 1.82) is 0 Å². The highest BCUT2D eigenvalue weighted by Crippen LogP contribution is 2.23. The summed E-state index contributed by atoms with van der Waals surface area (Å²) in [6, 6.07) is 7.44. The van der Waals surface area contributed by atoms with Crippen molar-refractivity contribution < 1.29 is 4.79 Å². The van der Waals surface area contributed by atoms with Crippen molar-refractivity contribution in [2.24, 2.45) is 5.73 Å². The lowest BCUT2D eigenvalue weighted by atomic mass is 10.0. The van der Waals surface area contributed by atoms with Crippen molar-refractivity contribution in [1.82, 2.24) is 4.90 Å². The molecule has 0 aliphatic heterocycles. The molecule has 0 spiro atoms. The van der Waals surface area contributed by atoms with Crippen LogP contribution in [-0.2, 0) is 4.79 Å². The third kappa shape index (κ3) is 3.45. The van der Waals surface area contributed by atoms with Crippen LogP contribution >= 0.6 is 11.6 Å². The molecule has 3 nitrogen and oxygen atoms in total. The van der Waals surface area contributed by atoms with E-state index in [4.69, 9.17) is 17.3 Å². The third-order valence-corrected chi connectivity index (χ3v) is 3.02. The predicted octanol–water partition coefficient (Wildman–Crippen LogP) is 2.60. The van der Waals surface area contributed by atoms with E-state index in [9.17, 15) is 4.79 Å². The van der Waals surface area contributed by atoms with Gasteiger partial charge in [0.1, 0.15) is 0 Å². The van der Waals surface area contributed by atoms with Crippen molar-refractivity contribution in [3.05, 3.63) is 34.9 Å². The average molecular weight is 255 g/mol. The lowest BCUT2D eigenvalue weighted by molar-refractivity contribution is -0.136. The van der Waals surface area contributed by atoms with Crippen molar-refractivity contribution in [2.45, 2.75) is 32.4 Å². The third-order valence-electron chi connectivity index (χ3n) is 2.78. The monoisotopic (exact) mass is 254 g/mol. The van der Waals surface area contributed by atoms with Crippen molar-refractivity contribution in [2.75, 3.05) is 7.05 Å². The molecule has 0 aliphatic carbocycles. The second-order valence-corrected chi connectivity index (χ2v) is 5.31. The van der Waals surface area contributed by atoms with Gasteiger partial charge in [-0.25, -0.2) is 0 Å². The fourth-order valence-electron chi connectivity index (χ4n) is 1.62. The van der Waals surface area contributed by atoms with Gasteiger partial charge in [0.05, 0.1) is 11.6 Å². The molecule has 0 saturated carbocycles. The lowest BCUT2D eigenvalue weighted by Gasteiger charge is -2.31. The molecule has 0 aromatic heterocycles. The number of likely N-dealkylation sites (N-methyl/N-ethyl adjacent to an activating group) is 1. The second kappa shape index (κ2) is 5.07. The summed E-state index contributed by atoms with van der Waals surface area (Å²) < 4.78 is 0. The van der Waals surface area contributed by atoms with Gasteiger partial charge in [-0.3, -0.25) is 4.79 Å². The first-order valence-electron chi connectivity index (χ1n) is 5.55. The van der Waals surface area contributed by atoms with Gasteiger partial charge in [0.25, 0.3) is 0 Å². The standard InChI is InChI=1S/C13H19ClN2O/c1-9(10-6-5-7-11(14)8-10)16(4)12(17)13(2,3)15/h5-9H,15H2,1-4H3. The summed E-state index contributed by atoms with van der Waals surface area (Å²) in [7, 11) is 1.75. The molecule has 1 aromatic rings. The summed E-state index contributed by atoms with van der Waals surface area (Å²) in [4.78, 5) is 13.7. The number of carbonyl (C=O) groups is 1. The number of hydrogen-bond acceptors (Lipinski definition) is 2. The highest BCUT2D eigenvalue weighted by molar-refractivity contribution is 6.30. The van der Waals surface area contributed by atoms with E-state index in [-0.39, 0.29) is 11.9 Å². The Balaban J connectivity index is 2.91. The van der Waals surface area contributed by atoms with Crippen LogP contribution in [0.25, 0.3) is 0 Å². The number of hydrogen-bond donors (Lipinski definition) is 1. The lowest BCUT2D eigenvalue weighted by Crippen LogP contribution is -2.50. The van der Waals surface area contributed by atoms with Crippen LogP contribution < -0.4 is 5.73 Å². The number of carbonyl (C=O) groups excluding carboxylic acids is 1. The summed E-state index contributed by atoms with van der Waals surface area (Å²) >= 11 is 5.93. The number of nitrogens with two attached hydrogens (primary N) is 1. The van der Waals surface area contributed by atoms with E-state index in [0.717, 1.165) is 5.56 Å². The molecule has 0 bridgehead atoms. The van der Waals surface area contributed by atoms with Crippen LogP contribution in [0.2, 0.25) is 5.02 Å². The van der Waals surface area contributed by atoms with Gasteiger partial charge >= 0.3 is 0 Å². The van der Waals surface area contributed by atoms with Gasteiger partial charge in [0.2, 0.25) is 5.91 Å². The highest BCUT2D eigenvalue weighted by atomic mass is 35.5. The fourth-order valence-corrected chi connectivity index (χ4v) is 1.82. The summed E-state index contributed by atoms with van der Waals surface area (Å²) in [5.41, 5.74) is 5.95. The molecule has 0 aliphatic rings. The number of rotatable bonds is 3. The Labute approximate surface area is 108 Å². The Kier molecular flexibility index (Phi) is 4.17. The Morgan fingerprint density at radius 2 is 2.06 bits per heavy atom. The molecular weight excluding hydrogens is 236 g/mol. The zero-order valence-corrected chi connectivity index (χ0v) is 11.5. The van der Waals surface area contributed by atoms with Gasteiger partial charge in [0, 0.05) is 12.1 Å². The number of halogens is 1. The van der Waals surface area contributed by atoms with Crippen LogP contribution in [0.5, 0.6) is 0 Å². The molecule has 0 heterocycles. The molecule has 1 atom stereocenters. The molecule has 4 heteroatoms. The maximum absolute atomic E-state index is 12.0. The molecule has 17 heavy (non-hydrogen) atoms. The largest absolute Gasteiger partial charge is 0.337 e. The SMILES string of the molecule is CC(c1cccc(Cl)c1)N(C)C(=O)C(C)(C)N. The molecule has 2 N–H and O–H groups in total. The summed E-state index contributed by atoms with van der Waals surface area (Å²) in [6.07, 6.45) is 0. The molecule has 1 aromatic carbocycles. The smallest absolute Gasteiger partial charge is 0.242 e. The van der Waals surface area contributed by atoms with Crippen LogP contribution in [0.1, 0.15) is 32.4 Å². The van der Waals surface area contributed by atoms with Crippen LogP contribution in [0, 0.1) is 0 Å². The topological polar surface area (TPSA) is 46.3 Å². The Morgan fingerprint density at radius 3 is 2.53 bits per heavy atom. The Morgan fingerprint density at radius 1 is 1.47 bits per heavy atom. The maximum atomic E-state index is 12.0. The number of benzene rings is 1.